The van der Waals surface area contributed by atoms with Crippen LogP contribution in [0, 0.1) is 0 Å². The fourth-order valence-corrected chi connectivity index (χ4v) is 5.56. The number of nitrogens with zero attached hydrogens (tertiary/aromatic N) is 2. The Kier molecular flexibility index (Phi) is 7.90. The van der Waals surface area contributed by atoms with Gasteiger partial charge in [-0.2, -0.15) is 0 Å². The van der Waals surface area contributed by atoms with Gasteiger partial charge in [-0.1, -0.05) is 45.8 Å². The Morgan fingerprint density at radius 2 is 1.95 bits per heavy atom. The number of fused-ring (bicyclic) bond motifs is 1. The van der Waals surface area contributed by atoms with Gasteiger partial charge in [-0.25, -0.2) is 9.78 Å². The van der Waals surface area contributed by atoms with Crippen LogP contribution >= 0.6 is 34.5 Å². The summed E-state index contributed by atoms with van der Waals surface area (Å²) in [4.78, 5) is 16.2. The van der Waals surface area contributed by atoms with Crippen LogP contribution < -0.4 is 15.4 Å². The fourth-order valence-electron chi connectivity index (χ4n) is 4.06. The van der Waals surface area contributed by atoms with Crippen molar-refractivity contribution in [2.45, 2.75) is 31.7 Å². The first-order chi connectivity index (χ1) is 18.6. The summed E-state index contributed by atoms with van der Waals surface area (Å²) < 4.78 is 53.4. The summed E-state index contributed by atoms with van der Waals surface area (Å²) in [5.41, 5.74) is 2.17. The standard InChI is InChI=1S/C25H21Cl2F3N4O4S/c1-36-23(35)13-9-17-22(18(10-13)37-25(28,29)30)39-24(33-17)32-8-7-31-11-14-20(34-38-21(14)12-5-6-12)19-15(26)3-2-4-16(19)27/h2-4,9-10,12,31H,5-8,11H2,1H3,(H,32,33). The van der Waals surface area contributed by atoms with Gasteiger partial charge >= 0.3 is 12.3 Å². The Hall–Kier alpha value is -3.06. The van der Waals surface area contributed by atoms with Gasteiger partial charge in [0.05, 0.1) is 32.9 Å². The Labute approximate surface area is 234 Å². The summed E-state index contributed by atoms with van der Waals surface area (Å²) in [6, 6.07) is 7.59. The number of esters is 1. The third kappa shape index (κ3) is 6.24. The summed E-state index contributed by atoms with van der Waals surface area (Å²) in [6.45, 7) is 1.34. The molecule has 2 aromatic heterocycles. The summed E-state index contributed by atoms with van der Waals surface area (Å²) in [7, 11) is 1.14. The molecular formula is C25H21Cl2F3N4O4S. The van der Waals surface area contributed by atoms with Crippen molar-refractivity contribution >= 4 is 55.9 Å². The Balaban J connectivity index is 1.27. The number of ether oxygens (including phenoxy) is 2. The van der Waals surface area contributed by atoms with Gasteiger partial charge in [-0.05, 0) is 37.1 Å². The van der Waals surface area contributed by atoms with Crippen molar-refractivity contribution in [2.24, 2.45) is 0 Å². The van der Waals surface area contributed by atoms with Gasteiger partial charge in [-0.15, -0.1) is 13.2 Å². The second-order valence-corrected chi connectivity index (χ2v) is 10.5. The highest BCUT2D eigenvalue weighted by atomic mass is 35.5. The van der Waals surface area contributed by atoms with E-state index in [2.05, 4.69) is 30.2 Å². The van der Waals surface area contributed by atoms with E-state index in [9.17, 15) is 18.0 Å². The van der Waals surface area contributed by atoms with Gasteiger partial charge in [0.2, 0.25) is 0 Å². The maximum atomic E-state index is 13.0. The minimum absolute atomic E-state index is 0.0996. The van der Waals surface area contributed by atoms with Gasteiger partial charge < -0.3 is 24.6 Å². The molecule has 4 aromatic rings. The van der Waals surface area contributed by atoms with Crippen LogP contribution in [-0.4, -0.2) is 42.7 Å². The summed E-state index contributed by atoms with van der Waals surface area (Å²) >= 11 is 13.8. The molecule has 1 aliphatic carbocycles. The first-order valence-corrected chi connectivity index (χ1v) is 13.4. The lowest BCUT2D eigenvalue weighted by Gasteiger charge is -2.10. The highest BCUT2D eigenvalue weighted by Crippen LogP contribution is 2.46. The van der Waals surface area contributed by atoms with Gasteiger partial charge in [0.1, 0.15) is 17.2 Å². The van der Waals surface area contributed by atoms with Gasteiger partial charge in [0, 0.05) is 36.7 Å². The third-order valence-electron chi connectivity index (χ3n) is 5.95. The molecule has 2 aromatic carbocycles. The van der Waals surface area contributed by atoms with E-state index in [1.165, 1.54) is 6.07 Å². The summed E-state index contributed by atoms with van der Waals surface area (Å²) in [5, 5.41) is 12.0. The lowest BCUT2D eigenvalue weighted by atomic mass is 10.0. The number of carbonyl (C=O) groups excluding carboxylic acids is 1. The molecule has 1 saturated carbocycles. The van der Waals surface area contributed by atoms with Crippen molar-refractivity contribution in [3.63, 3.8) is 0 Å². The van der Waals surface area contributed by atoms with E-state index >= 15 is 0 Å². The van der Waals surface area contributed by atoms with E-state index in [0.717, 1.165) is 48.7 Å². The second kappa shape index (κ2) is 11.2. The Morgan fingerprint density at radius 3 is 2.62 bits per heavy atom. The summed E-state index contributed by atoms with van der Waals surface area (Å²) in [6.07, 6.45) is -2.89. The largest absolute Gasteiger partial charge is 0.573 e. The average molecular weight is 601 g/mol. The molecule has 5 rings (SSSR count). The molecule has 0 aliphatic heterocycles. The number of nitrogens with one attached hydrogen (secondary N) is 2. The predicted molar refractivity (Wildman–Crippen MR) is 142 cm³/mol. The highest BCUT2D eigenvalue weighted by molar-refractivity contribution is 7.22. The fraction of sp³-hybridized carbons (Fsp3) is 0.320. The van der Waals surface area contributed by atoms with E-state index in [-0.39, 0.29) is 15.8 Å². The topological polar surface area (TPSA) is 98.5 Å². The SMILES string of the molecule is COC(=O)c1cc(OC(F)(F)F)c2sc(NCCNCc3c(-c4c(Cl)cccc4Cl)noc3C3CC3)nc2c1. The van der Waals surface area contributed by atoms with Crippen molar-refractivity contribution < 1.29 is 32.0 Å². The maximum absolute atomic E-state index is 13.0. The van der Waals surface area contributed by atoms with Crippen LogP contribution in [0.2, 0.25) is 10.0 Å². The number of benzene rings is 2. The zero-order valence-corrected chi connectivity index (χ0v) is 22.7. The van der Waals surface area contributed by atoms with E-state index in [1.807, 2.05) is 0 Å². The number of hydrogen-bond acceptors (Lipinski definition) is 9. The van der Waals surface area contributed by atoms with Crippen molar-refractivity contribution in [1.29, 1.82) is 0 Å². The number of anilines is 1. The number of halogens is 5. The van der Waals surface area contributed by atoms with Crippen LogP contribution in [0.1, 0.15) is 40.4 Å². The molecule has 0 unspecified atom stereocenters. The molecule has 0 atom stereocenters. The number of alkyl halides is 3. The highest BCUT2D eigenvalue weighted by Gasteiger charge is 2.34. The predicted octanol–water partition coefficient (Wildman–Crippen LogP) is 7.02. The molecule has 0 spiro atoms. The van der Waals surface area contributed by atoms with E-state index in [0.29, 0.717) is 52.0 Å². The molecule has 8 nitrogen and oxygen atoms in total. The molecule has 39 heavy (non-hydrogen) atoms. The molecule has 0 amide bonds. The molecule has 1 fully saturated rings. The smallest absolute Gasteiger partial charge is 0.465 e. The van der Waals surface area contributed by atoms with Gasteiger partial charge in [-0.3, -0.25) is 0 Å². The lowest BCUT2D eigenvalue weighted by Crippen LogP contribution is -2.22. The first kappa shape index (κ1) is 27.5. The van der Waals surface area contributed by atoms with E-state index < -0.39 is 18.1 Å². The van der Waals surface area contributed by atoms with Crippen molar-refractivity contribution in [1.82, 2.24) is 15.5 Å². The van der Waals surface area contributed by atoms with Crippen LogP contribution in [0.15, 0.2) is 34.9 Å². The van der Waals surface area contributed by atoms with Crippen molar-refractivity contribution in [2.75, 3.05) is 25.5 Å². The monoisotopic (exact) mass is 600 g/mol. The quantitative estimate of drug-likeness (QED) is 0.148. The Bertz CT molecular complexity index is 1500. The molecule has 2 heterocycles. The van der Waals surface area contributed by atoms with Crippen LogP contribution in [0.3, 0.4) is 0 Å². The van der Waals surface area contributed by atoms with Gasteiger partial charge in [0.25, 0.3) is 0 Å². The molecular weight excluding hydrogens is 580 g/mol. The molecule has 206 valence electrons. The minimum Gasteiger partial charge on any atom is -0.465 e. The normalized spacial score (nSPS) is 13.6. The molecule has 2 N–H and O–H groups in total. The number of rotatable bonds is 10. The molecule has 0 bridgehead atoms. The van der Waals surface area contributed by atoms with E-state index in [1.54, 1.807) is 18.2 Å². The van der Waals surface area contributed by atoms with Crippen molar-refractivity contribution in [3.8, 4) is 17.0 Å². The number of thiazole rings is 1. The molecule has 0 radical (unpaired) electrons. The maximum Gasteiger partial charge on any atom is 0.573 e. The second-order valence-electron chi connectivity index (χ2n) is 8.73. The Morgan fingerprint density at radius 1 is 1.21 bits per heavy atom. The average Bonchev–Trinajstić information content (AvgIpc) is 3.50. The van der Waals surface area contributed by atoms with Crippen molar-refractivity contribution in [3.05, 3.63) is 57.3 Å². The first-order valence-electron chi connectivity index (χ1n) is 11.8. The number of methoxy groups -OCH3 is 1. The molecule has 14 heteroatoms. The third-order valence-corrected chi connectivity index (χ3v) is 7.62. The molecule has 1 aliphatic rings. The van der Waals surface area contributed by atoms with Gasteiger partial charge in [0.15, 0.2) is 5.13 Å². The zero-order chi connectivity index (χ0) is 27.7. The number of aromatic nitrogens is 2. The number of carbonyl (C=O) groups is 1. The van der Waals surface area contributed by atoms with Crippen LogP contribution in [-0.2, 0) is 11.3 Å². The minimum atomic E-state index is -4.93. The number of hydrogen-bond donors (Lipinski definition) is 2. The van der Waals surface area contributed by atoms with Crippen LogP contribution in [0.5, 0.6) is 5.75 Å². The molecule has 0 saturated heterocycles. The van der Waals surface area contributed by atoms with E-state index in [4.69, 9.17) is 27.7 Å². The van der Waals surface area contributed by atoms with Crippen LogP contribution in [0.25, 0.3) is 21.5 Å². The summed E-state index contributed by atoms with van der Waals surface area (Å²) in [5.74, 6) is -0.193. The van der Waals surface area contributed by atoms with Crippen LogP contribution in [0.4, 0.5) is 18.3 Å². The lowest BCUT2D eigenvalue weighted by molar-refractivity contribution is -0.274. The zero-order valence-electron chi connectivity index (χ0n) is 20.3.